The van der Waals surface area contributed by atoms with Crippen molar-refractivity contribution < 1.29 is 14.5 Å². The molecule has 1 unspecified atom stereocenters. The second kappa shape index (κ2) is 9.76. The molecule has 0 aliphatic carbocycles. The predicted molar refractivity (Wildman–Crippen MR) is 113 cm³/mol. The van der Waals surface area contributed by atoms with Crippen molar-refractivity contribution in [1.82, 2.24) is 10.2 Å². The first kappa shape index (κ1) is 21.1. The normalized spacial score (nSPS) is 16.6. The van der Waals surface area contributed by atoms with Crippen LogP contribution in [0.1, 0.15) is 30.1 Å². The summed E-state index contributed by atoms with van der Waals surface area (Å²) >= 11 is 1.25. The number of amides is 1. The Kier molecular flexibility index (Phi) is 7.11. The third kappa shape index (κ3) is 5.07. The molecule has 7 nitrogen and oxygen atoms in total. The number of nitrogens with zero attached hydrogens (tertiary/aromatic N) is 2. The number of nitro benzene ring substituents is 1. The van der Waals surface area contributed by atoms with Crippen molar-refractivity contribution in [3.8, 4) is 5.75 Å². The predicted octanol–water partition coefficient (Wildman–Crippen LogP) is 3.97. The first-order valence-corrected chi connectivity index (χ1v) is 10.5. The van der Waals surface area contributed by atoms with E-state index in [1.807, 2.05) is 18.2 Å². The third-order valence-corrected chi connectivity index (χ3v) is 6.23. The number of nitro groups is 1. The number of benzene rings is 2. The maximum absolute atomic E-state index is 12.6. The summed E-state index contributed by atoms with van der Waals surface area (Å²) in [6, 6.07) is 12.3. The van der Waals surface area contributed by atoms with E-state index in [1.165, 1.54) is 17.8 Å². The molecule has 1 aliphatic heterocycles. The summed E-state index contributed by atoms with van der Waals surface area (Å²) in [5, 5.41) is 14.5. The van der Waals surface area contributed by atoms with Crippen LogP contribution < -0.4 is 10.1 Å². The van der Waals surface area contributed by atoms with Crippen LogP contribution in [0.5, 0.6) is 5.75 Å². The summed E-state index contributed by atoms with van der Waals surface area (Å²) in [7, 11) is 1.56. The van der Waals surface area contributed by atoms with Gasteiger partial charge in [0.1, 0.15) is 5.75 Å². The first-order valence-electron chi connectivity index (χ1n) is 9.65. The lowest BCUT2D eigenvalue weighted by molar-refractivity contribution is -0.387. The van der Waals surface area contributed by atoms with E-state index in [-0.39, 0.29) is 11.6 Å². The Morgan fingerprint density at radius 1 is 1.31 bits per heavy atom. The van der Waals surface area contributed by atoms with Gasteiger partial charge in [-0.15, -0.1) is 0 Å². The Morgan fingerprint density at radius 2 is 2.10 bits per heavy atom. The molecule has 0 aromatic heterocycles. The first-order chi connectivity index (χ1) is 14.0. The molecule has 0 spiro atoms. The highest BCUT2D eigenvalue weighted by Gasteiger charge is 2.24. The number of carbonyl (C=O) groups is 1. The summed E-state index contributed by atoms with van der Waals surface area (Å²) in [6.45, 7) is 4.68. The van der Waals surface area contributed by atoms with Crippen molar-refractivity contribution in [2.45, 2.75) is 35.6 Å². The average molecular weight is 416 g/mol. The van der Waals surface area contributed by atoms with Crippen molar-refractivity contribution >= 4 is 23.4 Å². The molecule has 1 heterocycles. The molecule has 1 atom stereocenters. The molecule has 1 fully saturated rings. The van der Waals surface area contributed by atoms with Gasteiger partial charge in [-0.05, 0) is 50.2 Å². The summed E-state index contributed by atoms with van der Waals surface area (Å²) in [4.78, 5) is 27.3. The van der Waals surface area contributed by atoms with Crippen LogP contribution in [-0.4, -0.2) is 48.5 Å². The van der Waals surface area contributed by atoms with Gasteiger partial charge in [0.2, 0.25) is 0 Å². The van der Waals surface area contributed by atoms with Crippen molar-refractivity contribution in [3.05, 3.63) is 58.1 Å². The van der Waals surface area contributed by atoms with E-state index in [0.717, 1.165) is 30.8 Å². The highest BCUT2D eigenvalue weighted by atomic mass is 32.2. The minimum Gasteiger partial charge on any atom is -0.496 e. The molecular weight excluding hydrogens is 390 g/mol. The third-order valence-electron chi connectivity index (χ3n) is 5.11. The molecule has 8 heteroatoms. The van der Waals surface area contributed by atoms with Gasteiger partial charge in [0.15, 0.2) is 0 Å². The molecule has 154 valence electrons. The largest absolute Gasteiger partial charge is 0.496 e. The summed E-state index contributed by atoms with van der Waals surface area (Å²) in [6.07, 6.45) is 2.19. The van der Waals surface area contributed by atoms with Crippen LogP contribution in [0.2, 0.25) is 0 Å². The van der Waals surface area contributed by atoms with Gasteiger partial charge in [0, 0.05) is 24.2 Å². The number of para-hydroxylation sites is 1. The van der Waals surface area contributed by atoms with E-state index in [1.54, 1.807) is 25.3 Å². The smallest absolute Gasteiger partial charge is 0.284 e. The van der Waals surface area contributed by atoms with E-state index < -0.39 is 4.92 Å². The van der Waals surface area contributed by atoms with Gasteiger partial charge in [-0.2, -0.15) is 0 Å². The zero-order valence-electron chi connectivity index (χ0n) is 16.6. The van der Waals surface area contributed by atoms with Crippen LogP contribution in [0.25, 0.3) is 0 Å². The van der Waals surface area contributed by atoms with Crippen molar-refractivity contribution in [2.24, 2.45) is 0 Å². The van der Waals surface area contributed by atoms with E-state index >= 15 is 0 Å². The molecular formula is C21H25N3O4S. The van der Waals surface area contributed by atoms with Crippen LogP contribution in [0.15, 0.2) is 52.3 Å². The SMILES string of the molecule is CCN1CCCC1CNC(=O)c1ccc(Sc2ccccc2OC)c([N+](=O)[O-])c1. The molecule has 29 heavy (non-hydrogen) atoms. The van der Waals surface area contributed by atoms with Gasteiger partial charge in [0.25, 0.3) is 11.6 Å². The Morgan fingerprint density at radius 3 is 2.83 bits per heavy atom. The minimum atomic E-state index is -0.454. The van der Waals surface area contributed by atoms with Crippen molar-refractivity contribution in [1.29, 1.82) is 0 Å². The standard InChI is InChI=1S/C21H25N3O4S/c1-3-23-12-6-7-16(23)14-22-21(25)15-10-11-19(17(13-15)24(26)27)29-20-9-5-4-8-18(20)28-2/h4-5,8-11,13,16H,3,6-7,12,14H2,1-2H3,(H,22,25). The molecule has 2 aromatic carbocycles. The highest BCUT2D eigenvalue weighted by molar-refractivity contribution is 7.99. The Balaban J connectivity index is 1.75. The molecule has 1 N–H and O–H groups in total. The molecule has 0 bridgehead atoms. The Labute approximate surface area is 174 Å². The van der Waals surface area contributed by atoms with Crippen LogP contribution in [0, 0.1) is 10.1 Å². The topological polar surface area (TPSA) is 84.7 Å². The van der Waals surface area contributed by atoms with Gasteiger partial charge >= 0.3 is 0 Å². The molecule has 0 radical (unpaired) electrons. The van der Waals surface area contributed by atoms with E-state index in [0.29, 0.717) is 28.8 Å². The second-order valence-electron chi connectivity index (χ2n) is 6.83. The van der Waals surface area contributed by atoms with Crippen LogP contribution in [-0.2, 0) is 0 Å². The molecule has 0 saturated carbocycles. The number of hydrogen-bond acceptors (Lipinski definition) is 6. The number of rotatable bonds is 8. The number of nitrogens with one attached hydrogen (secondary N) is 1. The summed E-state index contributed by atoms with van der Waals surface area (Å²) in [5.74, 6) is 0.357. The number of likely N-dealkylation sites (tertiary alicyclic amines) is 1. The van der Waals surface area contributed by atoms with Crippen LogP contribution in [0.3, 0.4) is 0 Å². The van der Waals surface area contributed by atoms with Gasteiger partial charge in [-0.3, -0.25) is 19.8 Å². The van der Waals surface area contributed by atoms with E-state index in [2.05, 4.69) is 17.1 Å². The fraction of sp³-hybridized carbons (Fsp3) is 0.381. The quantitative estimate of drug-likeness (QED) is 0.519. The fourth-order valence-corrected chi connectivity index (χ4v) is 4.57. The fourth-order valence-electron chi connectivity index (χ4n) is 3.56. The lowest BCUT2D eigenvalue weighted by Crippen LogP contribution is -2.40. The summed E-state index contributed by atoms with van der Waals surface area (Å²) in [5.41, 5.74) is 0.201. The van der Waals surface area contributed by atoms with Gasteiger partial charge in [-0.1, -0.05) is 30.8 Å². The Hall–Kier alpha value is -2.58. The number of carbonyl (C=O) groups excluding carboxylic acids is 1. The van der Waals surface area contributed by atoms with Crippen LogP contribution in [0.4, 0.5) is 5.69 Å². The van der Waals surface area contributed by atoms with Gasteiger partial charge < -0.3 is 10.1 Å². The number of methoxy groups -OCH3 is 1. The average Bonchev–Trinajstić information content (AvgIpc) is 3.20. The van der Waals surface area contributed by atoms with Gasteiger partial charge in [0.05, 0.1) is 21.8 Å². The Bertz CT molecular complexity index is 890. The number of ether oxygens (including phenoxy) is 1. The molecule has 1 aliphatic rings. The highest BCUT2D eigenvalue weighted by Crippen LogP contribution is 2.39. The minimum absolute atomic E-state index is 0.0930. The molecule has 3 rings (SSSR count). The molecule has 2 aromatic rings. The van der Waals surface area contributed by atoms with E-state index in [4.69, 9.17) is 4.74 Å². The molecule has 1 saturated heterocycles. The number of likely N-dealkylation sites (N-methyl/N-ethyl adjacent to an activating group) is 1. The van der Waals surface area contributed by atoms with E-state index in [9.17, 15) is 14.9 Å². The van der Waals surface area contributed by atoms with Crippen molar-refractivity contribution in [3.63, 3.8) is 0 Å². The number of hydrogen-bond donors (Lipinski definition) is 1. The maximum Gasteiger partial charge on any atom is 0.284 e. The van der Waals surface area contributed by atoms with Crippen molar-refractivity contribution in [2.75, 3.05) is 26.7 Å². The monoisotopic (exact) mass is 415 g/mol. The zero-order valence-corrected chi connectivity index (χ0v) is 17.4. The summed E-state index contributed by atoms with van der Waals surface area (Å²) < 4.78 is 5.32. The lowest BCUT2D eigenvalue weighted by atomic mass is 10.1. The van der Waals surface area contributed by atoms with Crippen LogP contribution >= 0.6 is 11.8 Å². The van der Waals surface area contributed by atoms with Gasteiger partial charge in [-0.25, -0.2) is 0 Å². The molecule has 1 amide bonds. The second-order valence-corrected chi connectivity index (χ2v) is 7.91. The zero-order chi connectivity index (χ0) is 20.8. The maximum atomic E-state index is 12.6. The lowest BCUT2D eigenvalue weighted by Gasteiger charge is -2.22.